The van der Waals surface area contributed by atoms with Crippen LogP contribution in [0.3, 0.4) is 0 Å². The van der Waals surface area contributed by atoms with Gasteiger partial charge in [-0.2, -0.15) is 18.2 Å². The van der Waals surface area contributed by atoms with Crippen molar-refractivity contribution in [1.29, 1.82) is 0 Å². The molecule has 0 amide bonds. The van der Waals surface area contributed by atoms with Crippen molar-refractivity contribution < 1.29 is 26.2 Å². The van der Waals surface area contributed by atoms with Gasteiger partial charge in [-0.1, -0.05) is 32.4 Å². The largest absolute Gasteiger partial charge is 2.00 e. The van der Waals surface area contributed by atoms with Gasteiger partial charge in [-0.05, 0) is 6.92 Å². The first kappa shape index (κ1) is 23.0. The summed E-state index contributed by atoms with van der Waals surface area (Å²) in [6, 6.07) is 8.88. The van der Waals surface area contributed by atoms with Crippen LogP contribution in [-0.2, 0) is 26.2 Å². The third-order valence-corrected chi connectivity index (χ3v) is 3.28. The Hall–Kier alpha value is -0.227. The van der Waals surface area contributed by atoms with Crippen molar-refractivity contribution in [2.45, 2.75) is 34.1 Å². The first-order chi connectivity index (χ1) is 8.58. The number of rotatable bonds is 0. The smallest absolute Gasteiger partial charge is 0.270 e. The van der Waals surface area contributed by atoms with E-state index in [0.717, 1.165) is 6.42 Å². The van der Waals surface area contributed by atoms with Gasteiger partial charge in [0.05, 0.1) is 0 Å². The molecule has 0 fully saturated rings. The number of hydrogen-bond donors (Lipinski definition) is 0. The summed E-state index contributed by atoms with van der Waals surface area (Å²) in [5.74, 6) is 0. The molecule has 0 N–H and O–H groups in total. The molecule has 0 unspecified atom stereocenters. The van der Waals surface area contributed by atoms with Crippen LogP contribution in [0.15, 0.2) is 42.0 Å². The van der Waals surface area contributed by atoms with Gasteiger partial charge in [-0.25, -0.2) is 11.6 Å². The molecule has 0 saturated carbocycles. The summed E-state index contributed by atoms with van der Waals surface area (Å²) < 4.78 is 0. The van der Waals surface area contributed by atoms with Gasteiger partial charge in [-0.3, -0.25) is 6.08 Å². The molecule has 1 aliphatic rings. The molecular formula is C18H22Cl2Zr. The van der Waals surface area contributed by atoms with Crippen molar-refractivity contribution >= 4 is 35.6 Å². The molecule has 0 spiro atoms. The summed E-state index contributed by atoms with van der Waals surface area (Å²) in [5.41, 5.74) is 5.41. The average molecular weight is 401 g/mol. The predicted molar refractivity (Wildman–Crippen MR) is 94.4 cm³/mol. The second kappa shape index (κ2) is 10.5. The van der Waals surface area contributed by atoms with Crippen LogP contribution in [0.25, 0.3) is 10.8 Å². The summed E-state index contributed by atoms with van der Waals surface area (Å²) in [6.07, 6.45) is 8.33. The van der Waals surface area contributed by atoms with E-state index in [1.54, 1.807) is 0 Å². The van der Waals surface area contributed by atoms with E-state index in [-0.39, 0.29) is 51.0 Å². The first-order valence-electron chi connectivity index (χ1n) is 6.45. The monoisotopic (exact) mass is 398 g/mol. The molecule has 0 aliphatic heterocycles. The minimum absolute atomic E-state index is 0. The summed E-state index contributed by atoms with van der Waals surface area (Å²) in [4.78, 5) is 0. The summed E-state index contributed by atoms with van der Waals surface area (Å²) in [6.45, 7) is 8.56. The van der Waals surface area contributed by atoms with Gasteiger partial charge in [-0.15, -0.1) is 59.2 Å². The molecule has 0 radical (unpaired) electrons. The molecule has 2 aromatic carbocycles. The third kappa shape index (κ3) is 6.19. The van der Waals surface area contributed by atoms with Crippen molar-refractivity contribution in [3.05, 3.63) is 64.8 Å². The SMILES string of the molecule is CC1=[C-]CC=C1.Cc1cc(C)c2c(cc[c-]2C)c1.Cl.Cl.[Zr+2]. The second-order valence-corrected chi connectivity index (χ2v) is 5.03. The zero-order chi connectivity index (χ0) is 13.1. The van der Waals surface area contributed by atoms with Gasteiger partial charge in [0.15, 0.2) is 0 Å². The van der Waals surface area contributed by atoms with Crippen LogP contribution in [0.5, 0.6) is 0 Å². The van der Waals surface area contributed by atoms with Crippen LogP contribution in [0.4, 0.5) is 0 Å². The van der Waals surface area contributed by atoms with Crippen LogP contribution in [0.1, 0.15) is 30.0 Å². The molecule has 21 heavy (non-hydrogen) atoms. The van der Waals surface area contributed by atoms with Crippen LogP contribution in [0, 0.1) is 26.8 Å². The van der Waals surface area contributed by atoms with E-state index in [9.17, 15) is 0 Å². The Morgan fingerprint density at radius 3 is 2.24 bits per heavy atom. The van der Waals surface area contributed by atoms with Crippen LogP contribution in [0.2, 0.25) is 0 Å². The fraction of sp³-hybridized carbons (Fsp3) is 0.278. The fourth-order valence-corrected chi connectivity index (χ4v) is 2.48. The van der Waals surface area contributed by atoms with E-state index in [4.69, 9.17) is 0 Å². The summed E-state index contributed by atoms with van der Waals surface area (Å²) in [5, 5.41) is 2.81. The van der Waals surface area contributed by atoms with E-state index >= 15 is 0 Å². The second-order valence-electron chi connectivity index (χ2n) is 5.03. The quantitative estimate of drug-likeness (QED) is 0.474. The average Bonchev–Trinajstić information content (AvgIpc) is 2.89. The maximum atomic E-state index is 3.12. The summed E-state index contributed by atoms with van der Waals surface area (Å²) >= 11 is 0. The van der Waals surface area contributed by atoms with Crippen LogP contribution in [-0.4, -0.2) is 0 Å². The summed E-state index contributed by atoms with van der Waals surface area (Å²) in [7, 11) is 0. The van der Waals surface area contributed by atoms with E-state index in [0.29, 0.717) is 0 Å². The molecule has 1 aliphatic carbocycles. The molecule has 0 atom stereocenters. The molecule has 0 aromatic heterocycles. The Morgan fingerprint density at radius 1 is 1.10 bits per heavy atom. The molecule has 0 nitrogen and oxygen atoms in total. The zero-order valence-corrected chi connectivity index (χ0v) is 17.1. The third-order valence-electron chi connectivity index (χ3n) is 3.28. The molecule has 112 valence electrons. The van der Waals surface area contributed by atoms with Crippen molar-refractivity contribution in [3.8, 4) is 0 Å². The minimum Gasteiger partial charge on any atom is -0.270 e. The van der Waals surface area contributed by atoms with Crippen molar-refractivity contribution in [1.82, 2.24) is 0 Å². The number of fused-ring (bicyclic) bond motifs is 1. The van der Waals surface area contributed by atoms with E-state index < -0.39 is 0 Å². The Kier molecular flexibility index (Phi) is 11.5. The molecule has 0 heterocycles. The van der Waals surface area contributed by atoms with Crippen molar-refractivity contribution in [3.63, 3.8) is 0 Å². The fourth-order valence-electron chi connectivity index (χ4n) is 2.48. The maximum Gasteiger partial charge on any atom is 2.00 e. The number of benzene rings is 1. The minimum atomic E-state index is 0. The standard InChI is InChI=1S/C12H13.C6H7.2ClH.Zr/c1-8-6-10(3)12-9(2)4-5-11(12)7-8;1-6-4-2-3-5-6;;;/h4-7H,1-3H3;2,4H,3H2,1H3;2*1H;/q2*-1;;;+2. The zero-order valence-electron chi connectivity index (χ0n) is 13.0. The predicted octanol–water partition coefficient (Wildman–Crippen LogP) is 6.02. The topological polar surface area (TPSA) is 0 Å². The van der Waals surface area contributed by atoms with E-state index in [1.165, 1.54) is 33.0 Å². The van der Waals surface area contributed by atoms with Gasteiger partial charge >= 0.3 is 26.2 Å². The maximum absolute atomic E-state index is 3.12. The Bertz CT molecular complexity index is 619. The van der Waals surface area contributed by atoms with Crippen LogP contribution < -0.4 is 0 Å². The van der Waals surface area contributed by atoms with Gasteiger partial charge in [0.25, 0.3) is 0 Å². The van der Waals surface area contributed by atoms with Gasteiger partial charge in [0, 0.05) is 0 Å². The number of hydrogen-bond acceptors (Lipinski definition) is 0. The van der Waals surface area contributed by atoms with Gasteiger partial charge < -0.3 is 0 Å². The van der Waals surface area contributed by atoms with Gasteiger partial charge in [0.1, 0.15) is 0 Å². The Labute approximate surface area is 160 Å². The number of halogens is 2. The first-order valence-corrected chi connectivity index (χ1v) is 6.45. The van der Waals surface area contributed by atoms with E-state index in [1.807, 2.05) is 0 Å². The van der Waals surface area contributed by atoms with Crippen molar-refractivity contribution in [2.75, 3.05) is 0 Å². The molecule has 0 bridgehead atoms. The molecule has 2 aromatic rings. The molecule has 3 rings (SSSR count). The van der Waals surface area contributed by atoms with Crippen molar-refractivity contribution in [2.24, 2.45) is 0 Å². The Balaban J connectivity index is 0. The molecule has 0 saturated heterocycles. The van der Waals surface area contributed by atoms with Gasteiger partial charge in [0.2, 0.25) is 0 Å². The van der Waals surface area contributed by atoms with E-state index in [2.05, 4.69) is 70.2 Å². The van der Waals surface area contributed by atoms with Crippen LogP contribution >= 0.6 is 24.8 Å². The number of allylic oxidation sites excluding steroid dienone is 4. The Morgan fingerprint density at radius 2 is 1.76 bits per heavy atom. The molecule has 3 heteroatoms. The molecular weight excluding hydrogens is 378 g/mol. The number of aryl methyl sites for hydroxylation is 3. The normalized spacial score (nSPS) is 11.5.